The first-order valence-corrected chi connectivity index (χ1v) is 11.1. The van der Waals surface area contributed by atoms with E-state index in [-0.39, 0.29) is 29.5 Å². The van der Waals surface area contributed by atoms with E-state index in [1.807, 2.05) is 24.3 Å². The van der Waals surface area contributed by atoms with E-state index >= 15 is 0 Å². The number of rotatable bonds is 3. The average Bonchev–Trinajstić information content (AvgIpc) is 2.77. The molecule has 1 unspecified atom stereocenters. The van der Waals surface area contributed by atoms with Gasteiger partial charge in [0.1, 0.15) is 17.7 Å². The maximum Gasteiger partial charge on any atom is 0.407 e. The molecule has 0 spiro atoms. The number of carbonyl (C=O) groups is 1. The summed E-state index contributed by atoms with van der Waals surface area (Å²) in [6.07, 6.45) is 1.79. The second kappa shape index (κ2) is 7.83. The number of nitrogens with zero attached hydrogens (tertiary/aromatic N) is 1. The van der Waals surface area contributed by atoms with Crippen LogP contribution >= 0.6 is 0 Å². The van der Waals surface area contributed by atoms with E-state index in [1.165, 1.54) is 6.07 Å². The van der Waals surface area contributed by atoms with Crippen LogP contribution in [0, 0.1) is 17.2 Å². The molecule has 2 aromatic rings. The zero-order chi connectivity index (χ0) is 21.6. The molecule has 31 heavy (non-hydrogen) atoms. The topological polar surface area (TPSA) is 50.8 Å². The SMILES string of the molecule is CC1(C)COc2cc(-c3ccccc3F)ccc2C1NC(=O)O[C@@H]1CN2CCC1CC2. The third-order valence-electron chi connectivity index (χ3n) is 7.01. The van der Waals surface area contributed by atoms with Gasteiger partial charge in [0.25, 0.3) is 0 Å². The summed E-state index contributed by atoms with van der Waals surface area (Å²) in [5, 5.41) is 3.11. The summed E-state index contributed by atoms with van der Waals surface area (Å²) in [7, 11) is 0. The van der Waals surface area contributed by atoms with Crippen molar-refractivity contribution < 1.29 is 18.7 Å². The lowest BCUT2D eigenvalue weighted by Gasteiger charge is -2.44. The fraction of sp³-hybridized carbons (Fsp3) is 0.480. The van der Waals surface area contributed by atoms with Crippen LogP contribution in [0.25, 0.3) is 11.1 Å². The molecule has 0 saturated carbocycles. The highest BCUT2D eigenvalue weighted by Gasteiger charge is 2.41. The average molecular weight is 425 g/mol. The molecule has 2 aromatic carbocycles. The number of hydrogen-bond acceptors (Lipinski definition) is 4. The van der Waals surface area contributed by atoms with Gasteiger partial charge >= 0.3 is 6.09 Å². The summed E-state index contributed by atoms with van der Waals surface area (Å²) in [6.45, 7) is 7.64. The minimum absolute atomic E-state index is 0.0339. The molecule has 0 aliphatic carbocycles. The van der Waals surface area contributed by atoms with Crippen molar-refractivity contribution in [1.82, 2.24) is 10.2 Å². The number of hydrogen-bond donors (Lipinski definition) is 1. The first kappa shape index (κ1) is 20.3. The van der Waals surface area contributed by atoms with Gasteiger partial charge in [-0.05, 0) is 49.5 Å². The maximum absolute atomic E-state index is 14.2. The van der Waals surface area contributed by atoms with E-state index in [2.05, 4.69) is 24.1 Å². The Hall–Kier alpha value is -2.60. The molecular weight excluding hydrogens is 395 g/mol. The van der Waals surface area contributed by atoms with Gasteiger partial charge in [-0.15, -0.1) is 0 Å². The number of alkyl carbamates (subject to hydrolysis) is 1. The minimum atomic E-state index is -0.372. The molecule has 6 rings (SSSR count). The van der Waals surface area contributed by atoms with Crippen LogP contribution in [0.2, 0.25) is 0 Å². The lowest BCUT2D eigenvalue weighted by Crippen LogP contribution is -2.53. The molecule has 4 aliphatic rings. The summed E-state index contributed by atoms with van der Waals surface area (Å²) in [4.78, 5) is 15.2. The fourth-order valence-corrected chi connectivity index (χ4v) is 5.14. The Balaban J connectivity index is 1.36. The Morgan fingerprint density at radius 1 is 1.19 bits per heavy atom. The highest BCUT2D eigenvalue weighted by Crippen LogP contribution is 2.44. The van der Waals surface area contributed by atoms with Crippen molar-refractivity contribution in [3.8, 4) is 16.9 Å². The molecule has 3 saturated heterocycles. The van der Waals surface area contributed by atoms with Gasteiger partial charge in [-0.3, -0.25) is 4.90 Å². The zero-order valence-corrected chi connectivity index (χ0v) is 18.1. The summed E-state index contributed by atoms with van der Waals surface area (Å²) in [5.74, 6) is 0.872. The normalized spacial score (nSPS) is 28.4. The summed E-state index contributed by atoms with van der Waals surface area (Å²) in [6, 6.07) is 12.1. The van der Waals surface area contributed by atoms with Crippen LogP contribution < -0.4 is 10.1 Å². The number of benzene rings is 2. The third-order valence-corrected chi connectivity index (χ3v) is 7.01. The van der Waals surface area contributed by atoms with Crippen LogP contribution in [0.1, 0.15) is 38.3 Å². The second-order valence-electron chi connectivity index (χ2n) is 9.67. The maximum atomic E-state index is 14.2. The van der Waals surface area contributed by atoms with Gasteiger partial charge in [-0.1, -0.05) is 44.2 Å². The Bertz CT molecular complexity index is 984. The standard InChI is InChI=1S/C25H29FN2O3/c1-25(2)15-30-21-13-17(18-5-3-4-6-20(18)26)7-8-19(21)23(25)27-24(29)31-22-14-28-11-9-16(22)10-12-28/h3-8,13,16,22-23H,9-12,14-15H2,1-2H3,(H,27,29)/t22-,23?/m1/s1. The molecule has 5 nitrogen and oxygen atoms in total. The molecular formula is C25H29FN2O3. The largest absolute Gasteiger partial charge is 0.493 e. The summed E-state index contributed by atoms with van der Waals surface area (Å²) < 4.78 is 26.1. The molecule has 4 aliphatic heterocycles. The molecule has 3 fully saturated rings. The minimum Gasteiger partial charge on any atom is -0.493 e. The number of ether oxygens (including phenoxy) is 2. The number of nitrogens with one attached hydrogen (secondary N) is 1. The molecule has 2 bridgehead atoms. The van der Waals surface area contributed by atoms with E-state index in [0.717, 1.165) is 43.6 Å². The van der Waals surface area contributed by atoms with Crippen molar-refractivity contribution >= 4 is 6.09 Å². The van der Waals surface area contributed by atoms with Crippen molar-refractivity contribution in [2.75, 3.05) is 26.2 Å². The van der Waals surface area contributed by atoms with Crippen molar-refractivity contribution in [2.24, 2.45) is 11.3 Å². The van der Waals surface area contributed by atoms with Crippen LogP contribution in [0.5, 0.6) is 5.75 Å². The number of amides is 1. The van der Waals surface area contributed by atoms with Crippen molar-refractivity contribution in [1.29, 1.82) is 0 Å². The van der Waals surface area contributed by atoms with Gasteiger partial charge in [0.05, 0.1) is 12.6 Å². The highest BCUT2D eigenvalue weighted by atomic mass is 19.1. The van der Waals surface area contributed by atoms with E-state index in [0.29, 0.717) is 23.8 Å². The van der Waals surface area contributed by atoms with Gasteiger partial charge in [0.2, 0.25) is 0 Å². The zero-order valence-electron chi connectivity index (χ0n) is 18.1. The molecule has 1 N–H and O–H groups in total. The molecule has 4 heterocycles. The lowest BCUT2D eigenvalue weighted by atomic mass is 9.78. The predicted molar refractivity (Wildman–Crippen MR) is 116 cm³/mol. The van der Waals surface area contributed by atoms with Crippen molar-refractivity contribution in [2.45, 2.75) is 38.8 Å². The highest BCUT2D eigenvalue weighted by molar-refractivity contribution is 5.70. The fourth-order valence-electron chi connectivity index (χ4n) is 5.14. The number of carbonyl (C=O) groups excluding carboxylic acids is 1. The van der Waals surface area contributed by atoms with Crippen LogP contribution in [0.4, 0.5) is 9.18 Å². The van der Waals surface area contributed by atoms with Gasteiger partial charge in [0.15, 0.2) is 0 Å². The molecule has 0 radical (unpaired) electrons. The quantitative estimate of drug-likeness (QED) is 0.771. The lowest BCUT2D eigenvalue weighted by molar-refractivity contribution is -0.0361. The van der Waals surface area contributed by atoms with E-state index in [4.69, 9.17) is 9.47 Å². The van der Waals surface area contributed by atoms with Crippen LogP contribution in [-0.2, 0) is 4.74 Å². The Kier molecular flexibility index (Phi) is 5.13. The Labute approximate surface area is 182 Å². The molecule has 2 atom stereocenters. The predicted octanol–water partition coefficient (Wildman–Crippen LogP) is 4.77. The van der Waals surface area contributed by atoms with Crippen LogP contribution in [-0.4, -0.2) is 43.3 Å². The van der Waals surface area contributed by atoms with Gasteiger partial charge in [-0.25, -0.2) is 9.18 Å². The molecule has 164 valence electrons. The van der Waals surface area contributed by atoms with Crippen molar-refractivity contribution in [3.05, 3.63) is 53.8 Å². The Morgan fingerprint density at radius 3 is 2.68 bits per heavy atom. The van der Waals surface area contributed by atoms with Gasteiger partial charge < -0.3 is 14.8 Å². The first-order valence-electron chi connectivity index (χ1n) is 11.1. The van der Waals surface area contributed by atoms with Crippen LogP contribution in [0.15, 0.2) is 42.5 Å². The Morgan fingerprint density at radius 2 is 1.97 bits per heavy atom. The summed E-state index contributed by atoms with van der Waals surface area (Å²) >= 11 is 0. The number of piperidine rings is 3. The van der Waals surface area contributed by atoms with Crippen LogP contribution in [0.3, 0.4) is 0 Å². The molecule has 1 amide bonds. The van der Waals surface area contributed by atoms with E-state index < -0.39 is 0 Å². The summed E-state index contributed by atoms with van der Waals surface area (Å²) in [5.41, 5.74) is 1.87. The number of halogens is 1. The molecule has 6 heteroatoms. The van der Waals surface area contributed by atoms with Crippen molar-refractivity contribution in [3.63, 3.8) is 0 Å². The monoisotopic (exact) mass is 424 g/mol. The first-order chi connectivity index (χ1) is 14.9. The third kappa shape index (κ3) is 3.89. The van der Waals surface area contributed by atoms with Gasteiger partial charge in [-0.2, -0.15) is 0 Å². The second-order valence-corrected chi connectivity index (χ2v) is 9.67. The smallest absolute Gasteiger partial charge is 0.407 e. The van der Waals surface area contributed by atoms with E-state index in [9.17, 15) is 9.18 Å². The van der Waals surface area contributed by atoms with Gasteiger partial charge in [0, 0.05) is 23.1 Å². The number of fused-ring (bicyclic) bond motifs is 4. The van der Waals surface area contributed by atoms with E-state index in [1.54, 1.807) is 12.1 Å². The molecule has 0 aromatic heterocycles.